The number of rotatable bonds is 3. The molecule has 1 aliphatic heterocycles. The summed E-state index contributed by atoms with van der Waals surface area (Å²) in [6.07, 6.45) is 0.545. The van der Waals surface area contributed by atoms with Crippen molar-refractivity contribution in [1.29, 1.82) is 0 Å². The number of carbonyl (C=O) groups excluding carboxylic acids is 1. The highest BCUT2D eigenvalue weighted by atomic mass is 16.7. The van der Waals surface area contributed by atoms with Gasteiger partial charge in [0.2, 0.25) is 0 Å². The maximum atomic E-state index is 11.0. The molecule has 1 saturated heterocycles. The monoisotopic (exact) mass is 158 g/mol. The standard InChI is InChI=1S/C8H14O3/c1-4-8(3)6(11-8)7(9)10-5-2/h6H,4-5H2,1-3H3/t6-,8-/m1/s1. The SMILES string of the molecule is CCOC(=O)[C@H]1O[C@]1(C)CC. The second kappa shape index (κ2) is 2.81. The highest BCUT2D eigenvalue weighted by Crippen LogP contribution is 2.39. The Hall–Kier alpha value is -0.570. The van der Waals surface area contributed by atoms with Crippen LogP contribution in [0.3, 0.4) is 0 Å². The molecule has 0 aromatic heterocycles. The zero-order valence-electron chi connectivity index (χ0n) is 7.22. The molecule has 3 heteroatoms. The van der Waals surface area contributed by atoms with E-state index in [-0.39, 0.29) is 17.7 Å². The number of esters is 1. The van der Waals surface area contributed by atoms with Crippen LogP contribution in [0, 0.1) is 0 Å². The molecule has 1 fully saturated rings. The minimum Gasteiger partial charge on any atom is -0.464 e. The molecule has 0 radical (unpaired) electrons. The van der Waals surface area contributed by atoms with Crippen molar-refractivity contribution in [1.82, 2.24) is 0 Å². The number of hydrogen-bond donors (Lipinski definition) is 0. The van der Waals surface area contributed by atoms with E-state index in [1.165, 1.54) is 0 Å². The first-order chi connectivity index (χ1) is 5.14. The van der Waals surface area contributed by atoms with Crippen molar-refractivity contribution < 1.29 is 14.3 Å². The van der Waals surface area contributed by atoms with Gasteiger partial charge in [0.15, 0.2) is 6.10 Å². The second-order valence-electron chi connectivity index (χ2n) is 2.92. The molecule has 1 heterocycles. The molecule has 0 aromatic rings. The summed E-state index contributed by atoms with van der Waals surface area (Å²) in [7, 11) is 0. The molecule has 0 aromatic carbocycles. The van der Waals surface area contributed by atoms with Gasteiger partial charge in [0.25, 0.3) is 0 Å². The van der Waals surface area contributed by atoms with Crippen LogP contribution in [0.1, 0.15) is 27.2 Å². The van der Waals surface area contributed by atoms with E-state index >= 15 is 0 Å². The predicted octanol–water partition coefficient (Wildman–Crippen LogP) is 1.12. The maximum Gasteiger partial charge on any atom is 0.338 e. The van der Waals surface area contributed by atoms with Crippen LogP contribution in [-0.4, -0.2) is 24.3 Å². The quantitative estimate of drug-likeness (QED) is 0.456. The van der Waals surface area contributed by atoms with Crippen LogP contribution in [0.15, 0.2) is 0 Å². The van der Waals surface area contributed by atoms with E-state index in [9.17, 15) is 4.79 Å². The number of hydrogen-bond acceptors (Lipinski definition) is 3. The van der Waals surface area contributed by atoms with Crippen LogP contribution < -0.4 is 0 Å². The summed E-state index contributed by atoms with van der Waals surface area (Å²) in [5.74, 6) is -0.225. The minimum atomic E-state index is -0.313. The molecular weight excluding hydrogens is 144 g/mol. The molecule has 0 aliphatic carbocycles. The molecule has 0 saturated carbocycles. The third kappa shape index (κ3) is 1.53. The Bertz CT molecular complexity index is 167. The minimum absolute atomic E-state index is 0.225. The van der Waals surface area contributed by atoms with E-state index in [1.807, 2.05) is 13.8 Å². The number of carbonyl (C=O) groups is 1. The zero-order chi connectivity index (χ0) is 8.48. The average molecular weight is 158 g/mol. The Morgan fingerprint density at radius 2 is 2.27 bits per heavy atom. The summed E-state index contributed by atoms with van der Waals surface area (Å²) in [5, 5.41) is 0. The third-order valence-electron chi connectivity index (χ3n) is 2.09. The molecular formula is C8H14O3. The summed E-state index contributed by atoms with van der Waals surface area (Å²) in [5.41, 5.74) is -0.244. The Morgan fingerprint density at radius 3 is 2.64 bits per heavy atom. The van der Waals surface area contributed by atoms with Gasteiger partial charge in [-0.15, -0.1) is 0 Å². The van der Waals surface area contributed by atoms with Gasteiger partial charge >= 0.3 is 5.97 Å². The van der Waals surface area contributed by atoms with Crippen LogP contribution in [0.2, 0.25) is 0 Å². The summed E-state index contributed by atoms with van der Waals surface area (Å²) in [6, 6.07) is 0. The second-order valence-corrected chi connectivity index (χ2v) is 2.92. The zero-order valence-corrected chi connectivity index (χ0v) is 7.22. The van der Waals surface area contributed by atoms with Crippen LogP contribution in [0.25, 0.3) is 0 Å². The van der Waals surface area contributed by atoms with Gasteiger partial charge in [-0.2, -0.15) is 0 Å². The van der Waals surface area contributed by atoms with Gasteiger partial charge in [0.1, 0.15) is 5.60 Å². The lowest BCUT2D eigenvalue weighted by atomic mass is 10.1. The Balaban J connectivity index is 2.36. The molecule has 3 nitrogen and oxygen atoms in total. The van der Waals surface area contributed by atoms with Gasteiger partial charge in [0, 0.05) is 0 Å². The van der Waals surface area contributed by atoms with Crippen LogP contribution in [0.4, 0.5) is 0 Å². The van der Waals surface area contributed by atoms with Crippen molar-refractivity contribution >= 4 is 5.97 Å². The number of ether oxygens (including phenoxy) is 2. The lowest BCUT2D eigenvalue weighted by Gasteiger charge is -2.00. The fourth-order valence-corrected chi connectivity index (χ4v) is 1.02. The van der Waals surface area contributed by atoms with Gasteiger partial charge in [0.05, 0.1) is 6.61 Å². The van der Waals surface area contributed by atoms with Gasteiger partial charge in [-0.25, -0.2) is 4.79 Å². The van der Waals surface area contributed by atoms with Crippen molar-refractivity contribution in [3.8, 4) is 0 Å². The van der Waals surface area contributed by atoms with Crippen LogP contribution in [-0.2, 0) is 14.3 Å². The molecule has 64 valence electrons. The molecule has 0 spiro atoms. The largest absolute Gasteiger partial charge is 0.464 e. The third-order valence-corrected chi connectivity index (χ3v) is 2.09. The van der Waals surface area contributed by atoms with E-state index in [0.717, 1.165) is 6.42 Å². The van der Waals surface area contributed by atoms with Crippen molar-refractivity contribution in [3.05, 3.63) is 0 Å². The highest BCUT2D eigenvalue weighted by molar-refractivity contribution is 5.79. The first-order valence-corrected chi connectivity index (χ1v) is 3.98. The fourth-order valence-electron chi connectivity index (χ4n) is 1.02. The summed E-state index contributed by atoms with van der Waals surface area (Å²) in [6.45, 7) is 6.15. The van der Waals surface area contributed by atoms with Crippen molar-refractivity contribution in [2.24, 2.45) is 0 Å². The first-order valence-electron chi connectivity index (χ1n) is 3.98. The first kappa shape index (κ1) is 8.53. The van der Waals surface area contributed by atoms with Crippen LogP contribution in [0.5, 0.6) is 0 Å². The van der Waals surface area contributed by atoms with Gasteiger partial charge in [-0.1, -0.05) is 6.92 Å². The predicted molar refractivity (Wildman–Crippen MR) is 40.2 cm³/mol. The molecule has 2 atom stereocenters. The lowest BCUT2D eigenvalue weighted by molar-refractivity contribution is -0.144. The lowest BCUT2D eigenvalue weighted by Crippen LogP contribution is -2.19. The molecule has 1 aliphatic rings. The maximum absolute atomic E-state index is 11.0. The van der Waals surface area contributed by atoms with Crippen molar-refractivity contribution in [2.75, 3.05) is 6.61 Å². The van der Waals surface area contributed by atoms with Crippen LogP contribution >= 0.6 is 0 Å². The van der Waals surface area contributed by atoms with E-state index in [0.29, 0.717) is 6.61 Å². The summed E-state index contributed by atoms with van der Waals surface area (Å²) < 4.78 is 9.99. The average Bonchev–Trinajstić information content (AvgIpc) is 2.65. The Kier molecular flexibility index (Phi) is 2.18. The summed E-state index contributed by atoms with van der Waals surface area (Å²) in [4.78, 5) is 11.0. The molecule has 0 amide bonds. The fraction of sp³-hybridized carbons (Fsp3) is 0.875. The van der Waals surface area contributed by atoms with E-state index in [2.05, 4.69) is 0 Å². The molecule has 11 heavy (non-hydrogen) atoms. The van der Waals surface area contributed by atoms with Gasteiger partial charge < -0.3 is 9.47 Å². The van der Waals surface area contributed by atoms with Crippen molar-refractivity contribution in [2.45, 2.75) is 38.9 Å². The Morgan fingerprint density at radius 1 is 1.64 bits per heavy atom. The van der Waals surface area contributed by atoms with E-state index in [4.69, 9.17) is 9.47 Å². The number of epoxide rings is 1. The van der Waals surface area contributed by atoms with Crippen molar-refractivity contribution in [3.63, 3.8) is 0 Å². The summed E-state index contributed by atoms with van der Waals surface area (Å²) >= 11 is 0. The Labute approximate surface area is 66.7 Å². The normalized spacial score (nSPS) is 35.0. The topological polar surface area (TPSA) is 38.8 Å². The van der Waals surface area contributed by atoms with E-state index in [1.54, 1.807) is 6.92 Å². The smallest absolute Gasteiger partial charge is 0.338 e. The van der Waals surface area contributed by atoms with Gasteiger partial charge in [-0.3, -0.25) is 0 Å². The van der Waals surface area contributed by atoms with E-state index < -0.39 is 0 Å². The molecule has 0 bridgehead atoms. The van der Waals surface area contributed by atoms with Gasteiger partial charge in [-0.05, 0) is 20.3 Å². The molecule has 0 unspecified atom stereocenters. The molecule has 1 rings (SSSR count). The molecule has 0 N–H and O–H groups in total. The highest BCUT2D eigenvalue weighted by Gasteiger charge is 2.56.